The van der Waals surface area contributed by atoms with Crippen molar-refractivity contribution in [3.63, 3.8) is 0 Å². The van der Waals surface area contributed by atoms with E-state index in [1.165, 1.54) is 37.8 Å². The van der Waals surface area contributed by atoms with E-state index in [1.54, 1.807) is 0 Å². The van der Waals surface area contributed by atoms with Gasteiger partial charge in [-0.1, -0.05) is 33.6 Å². The van der Waals surface area contributed by atoms with Gasteiger partial charge < -0.3 is 5.32 Å². The van der Waals surface area contributed by atoms with E-state index in [9.17, 15) is 0 Å². The molecule has 2 rings (SSSR count). The standard InChI is InChI=1S/C15H27N3/c1-4-15(2,3)12-16-11-13-9-10-18(17-13)14-7-5-6-8-14/h9-10,14,16H,4-8,11-12H2,1-3H3. The highest BCUT2D eigenvalue weighted by atomic mass is 15.3. The summed E-state index contributed by atoms with van der Waals surface area (Å²) >= 11 is 0. The van der Waals surface area contributed by atoms with Gasteiger partial charge in [0.2, 0.25) is 0 Å². The second kappa shape index (κ2) is 5.87. The smallest absolute Gasteiger partial charge is 0.0762 e. The first kappa shape index (κ1) is 13.6. The number of rotatable bonds is 6. The molecule has 102 valence electrons. The summed E-state index contributed by atoms with van der Waals surface area (Å²) in [5.41, 5.74) is 1.56. The Morgan fingerprint density at radius 3 is 2.78 bits per heavy atom. The zero-order valence-electron chi connectivity index (χ0n) is 12.1. The van der Waals surface area contributed by atoms with E-state index in [0.29, 0.717) is 11.5 Å². The van der Waals surface area contributed by atoms with Crippen molar-refractivity contribution in [2.45, 2.75) is 65.5 Å². The molecule has 18 heavy (non-hydrogen) atoms. The molecule has 1 heterocycles. The zero-order valence-corrected chi connectivity index (χ0v) is 12.1. The van der Waals surface area contributed by atoms with E-state index in [-0.39, 0.29) is 0 Å². The van der Waals surface area contributed by atoms with E-state index in [2.05, 4.69) is 43.0 Å². The number of hydrogen-bond donors (Lipinski definition) is 1. The molecule has 0 unspecified atom stereocenters. The number of hydrogen-bond acceptors (Lipinski definition) is 2. The van der Waals surface area contributed by atoms with E-state index in [1.807, 2.05) is 0 Å². The minimum absolute atomic E-state index is 0.383. The Morgan fingerprint density at radius 2 is 2.11 bits per heavy atom. The average molecular weight is 249 g/mol. The summed E-state index contributed by atoms with van der Waals surface area (Å²) in [5, 5.41) is 8.21. The van der Waals surface area contributed by atoms with Crippen LogP contribution in [-0.4, -0.2) is 16.3 Å². The third-order valence-electron chi connectivity index (χ3n) is 4.23. The molecule has 3 nitrogen and oxygen atoms in total. The van der Waals surface area contributed by atoms with Gasteiger partial charge in [0.15, 0.2) is 0 Å². The molecule has 0 aromatic carbocycles. The van der Waals surface area contributed by atoms with Gasteiger partial charge in [-0.3, -0.25) is 4.68 Å². The fraction of sp³-hybridized carbons (Fsp3) is 0.800. The molecule has 1 aromatic heterocycles. The minimum Gasteiger partial charge on any atom is -0.311 e. The molecule has 0 aliphatic heterocycles. The SMILES string of the molecule is CCC(C)(C)CNCc1ccn(C2CCCC2)n1. The van der Waals surface area contributed by atoms with Crippen molar-refractivity contribution in [1.29, 1.82) is 0 Å². The summed E-state index contributed by atoms with van der Waals surface area (Å²) in [6, 6.07) is 2.82. The van der Waals surface area contributed by atoms with Crippen molar-refractivity contribution in [2.24, 2.45) is 5.41 Å². The molecule has 0 radical (unpaired) electrons. The molecule has 0 amide bonds. The van der Waals surface area contributed by atoms with Gasteiger partial charge in [-0.2, -0.15) is 5.10 Å². The summed E-state index contributed by atoms with van der Waals surface area (Å²) in [6.07, 6.45) is 8.69. The lowest BCUT2D eigenvalue weighted by Gasteiger charge is -2.22. The van der Waals surface area contributed by atoms with Gasteiger partial charge in [-0.05, 0) is 30.7 Å². The van der Waals surface area contributed by atoms with Crippen molar-refractivity contribution in [2.75, 3.05) is 6.54 Å². The molecule has 0 saturated heterocycles. The summed E-state index contributed by atoms with van der Waals surface area (Å²) in [5.74, 6) is 0. The Kier molecular flexibility index (Phi) is 4.44. The Morgan fingerprint density at radius 1 is 1.39 bits per heavy atom. The van der Waals surface area contributed by atoms with E-state index >= 15 is 0 Å². The molecular weight excluding hydrogens is 222 g/mol. The van der Waals surface area contributed by atoms with Crippen LogP contribution in [0.1, 0.15) is 64.6 Å². The first-order valence-electron chi connectivity index (χ1n) is 7.35. The first-order valence-corrected chi connectivity index (χ1v) is 7.35. The van der Waals surface area contributed by atoms with Crippen LogP contribution < -0.4 is 5.32 Å². The molecule has 1 aliphatic carbocycles. The van der Waals surface area contributed by atoms with Crippen LogP contribution in [0.15, 0.2) is 12.3 Å². The highest BCUT2D eigenvalue weighted by Crippen LogP contribution is 2.28. The molecule has 1 fully saturated rings. The van der Waals surface area contributed by atoms with Gasteiger partial charge in [0, 0.05) is 19.3 Å². The predicted octanol–water partition coefficient (Wildman–Crippen LogP) is 3.52. The van der Waals surface area contributed by atoms with Gasteiger partial charge >= 0.3 is 0 Å². The maximum absolute atomic E-state index is 4.69. The fourth-order valence-electron chi connectivity index (χ4n) is 2.50. The largest absolute Gasteiger partial charge is 0.311 e. The van der Waals surface area contributed by atoms with Gasteiger partial charge in [0.05, 0.1) is 11.7 Å². The lowest BCUT2D eigenvalue weighted by molar-refractivity contribution is 0.326. The molecular formula is C15H27N3. The molecule has 1 aromatic rings. The van der Waals surface area contributed by atoms with Gasteiger partial charge in [-0.15, -0.1) is 0 Å². The molecule has 0 spiro atoms. The Labute approximate surface area is 111 Å². The number of nitrogens with zero attached hydrogens (tertiary/aromatic N) is 2. The van der Waals surface area contributed by atoms with Gasteiger partial charge in [0.1, 0.15) is 0 Å². The Balaban J connectivity index is 1.80. The molecule has 1 N–H and O–H groups in total. The predicted molar refractivity (Wildman–Crippen MR) is 75.5 cm³/mol. The van der Waals surface area contributed by atoms with Crippen LogP contribution in [0.2, 0.25) is 0 Å². The van der Waals surface area contributed by atoms with E-state index < -0.39 is 0 Å². The molecule has 1 aliphatic rings. The second-order valence-corrected chi connectivity index (χ2v) is 6.35. The Bertz CT molecular complexity index is 362. The highest BCUT2D eigenvalue weighted by molar-refractivity contribution is 5.00. The van der Waals surface area contributed by atoms with Crippen LogP contribution in [0.25, 0.3) is 0 Å². The summed E-state index contributed by atoms with van der Waals surface area (Å²) in [7, 11) is 0. The molecule has 0 atom stereocenters. The van der Waals surface area contributed by atoms with Crippen LogP contribution in [-0.2, 0) is 6.54 Å². The van der Waals surface area contributed by atoms with Crippen LogP contribution in [0.5, 0.6) is 0 Å². The molecule has 1 saturated carbocycles. The van der Waals surface area contributed by atoms with Crippen molar-refractivity contribution in [3.05, 3.63) is 18.0 Å². The molecule has 0 bridgehead atoms. The third-order valence-corrected chi connectivity index (χ3v) is 4.23. The maximum Gasteiger partial charge on any atom is 0.0762 e. The first-order chi connectivity index (χ1) is 8.61. The fourth-order valence-corrected chi connectivity index (χ4v) is 2.50. The average Bonchev–Trinajstić information content (AvgIpc) is 2.98. The summed E-state index contributed by atoms with van der Waals surface area (Å²) in [4.78, 5) is 0. The van der Waals surface area contributed by atoms with Crippen LogP contribution in [0, 0.1) is 5.41 Å². The van der Waals surface area contributed by atoms with Crippen LogP contribution in [0.4, 0.5) is 0 Å². The lowest BCUT2D eigenvalue weighted by Crippen LogP contribution is -2.28. The topological polar surface area (TPSA) is 29.9 Å². The number of aromatic nitrogens is 2. The summed E-state index contributed by atoms with van der Waals surface area (Å²) in [6.45, 7) is 8.80. The highest BCUT2D eigenvalue weighted by Gasteiger charge is 2.18. The van der Waals surface area contributed by atoms with E-state index in [4.69, 9.17) is 5.10 Å². The number of nitrogens with one attached hydrogen (secondary N) is 1. The maximum atomic E-state index is 4.69. The normalized spacial score (nSPS) is 17.5. The minimum atomic E-state index is 0.383. The van der Waals surface area contributed by atoms with Gasteiger partial charge in [-0.25, -0.2) is 0 Å². The lowest BCUT2D eigenvalue weighted by atomic mass is 9.90. The molecule has 3 heteroatoms. The summed E-state index contributed by atoms with van der Waals surface area (Å²) < 4.78 is 2.18. The van der Waals surface area contributed by atoms with E-state index in [0.717, 1.165) is 13.1 Å². The third kappa shape index (κ3) is 3.58. The van der Waals surface area contributed by atoms with Crippen molar-refractivity contribution < 1.29 is 0 Å². The monoisotopic (exact) mass is 249 g/mol. The van der Waals surface area contributed by atoms with Crippen molar-refractivity contribution in [1.82, 2.24) is 15.1 Å². The van der Waals surface area contributed by atoms with Gasteiger partial charge in [0.25, 0.3) is 0 Å². The van der Waals surface area contributed by atoms with Crippen LogP contribution in [0.3, 0.4) is 0 Å². The quantitative estimate of drug-likeness (QED) is 0.836. The Hall–Kier alpha value is -0.830. The zero-order chi connectivity index (χ0) is 13.0. The second-order valence-electron chi connectivity index (χ2n) is 6.35. The van der Waals surface area contributed by atoms with Crippen molar-refractivity contribution >= 4 is 0 Å². The van der Waals surface area contributed by atoms with Crippen LogP contribution >= 0.6 is 0 Å². The van der Waals surface area contributed by atoms with Crippen molar-refractivity contribution in [3.8, 4) is 0 Å².